The Hall–Kier alpha value is -1.68. The molecule has 0 aliphatic carbocycles. The van der Waals surface area contributed by atoms with Gasteiger partial charge in [0.05, 0.1) is 6.04 Å². The number of aryl methyl sites for hydroxylation is 1. The van der Waals surface area contributed by atoms with Crippen LogP contribution in [0.4, 0.5) is 0 Å². The van der Waals surface area contributed by atoms with Crippen molar-refractivity contribution in [1.29, 1.82) is 0 Å². The highest BCUT2D eigenvalue weighted by Crippen LogP contribution is 2.21. The van der Waals surface area contributed by atoms with Gasteiger partial charge in [-0.1, -0.05) is 32.0 Å². The summed E-state index contributed by atoms with van der Waals surface area (Å²) < 4.78 is 2.03. The van der Waals surface area contributed by atoms with Gasteiger partial charge in [-0.25, -0.2) is 0 Å². The predicted octanol–water partition coefficient (Wildman–Crippen LogP) is 2.62. The Morgan fingerprint density at radius 3 is 2.44 bits per heavy atom. The lowest BCUT2D eigenvalue weighted by Gasteiger charge is -2.15. The second-order valence-corrected chi connectivity index (χ2v) is 5.01. The number of hydrogen-bond donors (Lipinski definition) is 1. The summed E-state index contributed by atoms with van der Waals surface area (Å²) in [6.45, 7) is 6.28. The van der Waals surface area contributed by atoms with Gasteiger partial charge in [0.15, 0.2) is 5.82 Å². The van der Waals surface area contributed by atoms with E-state index in [2.05, 4.69) is 24.0 Å². The standard InChI is InChI=1S/C14H20N4/c1-10(2)9-13(15)14-17-16-11(3)18(14)12-7-5-4-6-8-12/h4-8,10,13H,9,15H2,1-3H3/t13-/m1/s1. The molecule has 18 heavy (non-hydrogen) atoms. The van der Waals surface area contributed by atoms with Gasteiger partial charge in [-0.05, 0) is 31.4 Å². The molecule has 1 aromatic heterocycles. The first kappa shape index (κ1) is 12.8. The summed E-state index contributed by atoms with van der Waals surface area (Å²) in [5.41, 5.74) is 7.29. The van der Waals surface area contributed by atoms with Crippen LogP contribution in [0.1, 0.15) is 38.0 Å². The zero-order valence-electron chi connectivity index (χ0n) is 11.2. The number of rotatable bonds is 4. The van der Waals surface area contributed by atoms with Crippen LogP contribution in [-0.2, 0) is 0 Å². The molecule has 4 heteroatoms. The molecular weight excluding hydrogens is 224 g/mol. The van der Waals surface area contributed by atoms with Crippen LogP contribution in [0.2, 0.25) is 0 Å². The minimum Gasteiger partial charge on any atom is -0.321 e. The van der Waals surface area contributed by atoms with E-state index in [1.165, 1.54) is 0 Å². The second kappa shape index (κ2) is 5.31. The average molecular weight is 244 g/mol. The fourth-order valence-electron chi connectivity index (χ4n) is 2.13. The molecule has 0 unspecified atom stereocenters. The lowest BCUT2D eigenvalue weighted by atomic mass is 10.0. The van der Waals surface area contributed by atoms with Crippen LogP contribution in [0.15, 0.2) is 30.3 Å². The van der Waals surface area contributed by atoms with Crippen LogP contribution in [0.3, 0.4) is 0 Å². The van der Waals surface area contributed by atoms with Crippen molar-refractivity contribution in [3.63, 3.8) is 0 Å². The first-order valence-electron chi connectivity index (χ1n) is 6.32. The first-order chi connectivity index (χ1) is 8.59. The second-order valence-electron chi connectivity index (χ2n) is 5.01. The van der Waals surface area contributed by atoms with Crippen molar-refractivity contribution in [3.8, 4) is 5.69 Å². The van der Waals surface area contributed by atoms with E-state index in [-0.39, 0.29) is 6.04 Å². The Morgan fingerprint density at radius 1 is 1.17 bits per heavy atom. The summed E-state index contributed by atoms with van der Waals surface area (Å²) in [5, 5.41) is 8.39. The highest BCUT2D eigenvalue weighted by molar-refractivity contribution is 5.34. The van der Waals surface area contributed by atoms with Crippen LogP contribution < -0.4 is 5.73 Å². The maximum absolute atomic E-state index is 6.22. The van der Waals surface area contributed by atoms with Crippen LogP contribution in [-0.4, -0.2) is 14.8 Å². The third kappa shape index (κ3) is 2.59. The average Bonchev–Trinajstić information content (AvgIpc) is 2.71. The smallest absolute Gasteiger partial charge is 0.154 e. The Morgan fingerprint density at radius 2 is 1.83 bits per heavy atom. The van der Waals surface area contributed by atoms with Crippen molar-refractivity contribution >= 4 is 0 Å². The van der Waals surface area contributed by atoms with E-state index in [0.717, 1.165) is 23.8 Å². The molecule has 0 fully saturated rings. The fourth-order valence-corrected chi connectivity index (χ4v) is 2.13. The largest absolute Gasteiger partial charge is 0.321 e. The Bertz CT molecular complexity index is 502. The van der Waals surface area contributed by atoms with Crippen LogP contribution in [0, 0.1) is 12.8 Å². The summed E-state index contributed by atoms with van der Waals surface area (Å²) in [6, 6.07) is 10.0. The molecule has 0 amide bonds. The molecule has 1 heterocycles. The minimum atomic E-state index is -0.0774. The van der Waals surface area contributed by atoms with Gasteiger partial charge in [0, 0.05) is 5.69 Å². The van der Waals surface area contributed by atoms with E-state index < -0.39 is 0 Å². The number of nitrogens with two attached hydrogens (primary N) is 1. The molecule has 1 atom stereocenters. The van der Waals surface area contributed by atoms with E-state index in [0.29, 0.717) is 5.92 Å². The van der Waals surface area contributed by atoms with E-state index in [4.69, 9.17) is 5.73 Å². The van der Waals surface area contributed by atoms with Gasteiger partial charge in [-0.3, -0.25) is 4.57 Å². The Labute approximate surface area is 108 Å². The van der Waals surface area contributed by atoms with Crippen molar-refractivity contribution in [2.45, 2.75) is 33.2 Å². The normalized spacial score (nSPS) is 12.9. The molecule has 2 aromatic rings. The fraction of sp³-hybridized carbons (Fsp3) is 0.429. The van der Waals surface area contributed by atoms with Gasteiger partial charge < -0.3 is 5.73 Å². The summed E-state index contributed by atoms with van der Waals surface area (Å²) in [5.74, 6) is 2.25. The number of benzene rings is 1. The van der Waals surface area contributed by atoms with Crippen LogP contribution >= 0.6 is 0 Å². The molecule has 0 bridgehead atoms. The molecule has 0 saturated carbocycles. The quantitative estimate of drug-likeness (QED) is 0.899. The Balaban J connectivity index is 2.39. The van der Waals surface area contributed by atoms with Gasteiger partial charge in [-0.15, -0.1) is 10.2 Å². The van der Waals surface area contributed by atoms with Crippen molar-refractivity contribution < 1.29 is 0 Å². The number of aromatic nitrogens is 3. The summed E-state index contributed by atoms with van der Waals surface area (Å²) in [6.07, 6.45) is 0.908. The lowest BCUT2D eigenvalue weighted by molar-refractivity contribution is 0.487. The monoisotopic (exact) mass is 244 g/mol. The third-order valence-electron chi connectivity index (χ3n) is 2.92. The molecule has 0 radical (unpaired) electrons. The van der Waals surface area contributed by atoms with Crippen molar-refractivity contribution in [1.82, 2.24) is 14.8 Å². The van der Waals surface area contributed by atoms with E-state index >= 15 is 0 Å². The summed E-state index contributed by atoms with van der Waals surface area (Å²) >= 11 is 0. The molecule has 0 spiro atoms. The number of hydrogen-bond acceptors (Lipinski definition) is 3. The van der Waals surface area contributed by atoms with Gasteiger partial charge in [0.1, 0.15) is 5.82 Å². The molecule has 96 valence electrons. The molecular formula is C14H20N4. The number of nitrogens with zero attached hydrogens (tertiary/aromatic N) is 3. The maximum Gasteiger partial charge on any atom is 0.154 e. The molecule has 1 aromatic carbocycles. The number of para-hydroxylation sites is 1. The van der Waals surface area contributed by atoms with Crippen LogP contribution in [0.5, 0.6) is 0 Å². The van der Waals surface area contributed by atoms with Crippen LogP contribution in [0.25, 0.3) is 5.69 Å². The molecule has 2 N–H and O–H groups in total. The maximum atomic E-state index is 6.22. The van der Waals surface area contributed by atoms with Gasteiger partial charge >= 0.3 is 0 Å². The molecule has 4 nitrogen and oxygen atoms in total. The summed E-state index contributed by atoms with van der Waals surface area (Å²) in [4.78, 5) is 0. The first-order valence-corrected chi connectivity index (χ1v) is 6.32. The lowest BCUT2D eigenvalue weighted by Crippen LogP contribution is -2.18. The van der Waals surface area contributed by atoms with Gasteiger partial charge in [-0.2, -0.15) is 0 Å². The zero-order valence-corrected chi connectivity index (χ0v) is 11.2. The molecule has 0 saturated heterocycles. The third-order valence-corrected chi connectivity index (χ3v) is 2.92. The molecule has 0 aliphatic rings. The molecule has 0 aliphatic heterocycles. The summed E-state index contributed by atoms with van der Waals surface area (Å²) in [7, 11) is 0. The topological polar surface area (TPSA) is 56.7 Å². The van der Waals surface area contributed by atoms with E-state index in [1.54, 1.807) is 0 Å². The van der Waals surface area contributed by atoms with Gasteiger partial charge in [0.2, 0.25) is 0 Å². The SMILES string of the molecule is Cc1nnc([C@H](N)CC(C)C)n1-c1ccccc1. The van der Waals surface area contributed by atoms with Crippen molar-refractivity contribution in [2.75, 3.05) is 0 Å². The predicted molar refractivity (Wildman–Crippen MR) is 72.5 cm³/mol. The zero-order chi connectivity index (χ0) is 13.1. The molecule has 2 rings (SSSR count). The highest BCUT2D eigenvalue weighted by Gasteiger charge is 2.18. The van der Waals surface area contributed by atoms with E-state index in [1.807, 2.05) is 41.8 Å². The van der Waals surface area contributed by atoms with Crippen molar-refractivity contribution in [3.05, 3.63) is 42.0 Å². The van der Waals surface area contributed by atoms with Crippen molar-refractivity contribution in [2.24, 2.45) is 11.7 Å². The van der Waals surface area contributed by atoms with Gasteiger partial charge in [0.25, 0.3) is 0 Å². The minimum absolute atomic E-state index is 0.0774. The highest BCUT2D eigenvalue weighted by atomic mass is 15.3. The Kier molecular flexibility index (Phi) is 3.77. The van der Waals surface area contributed by atoms with E-state index in [9.17, 15) is 0 Å².